The van der Waals surface area contributed by atoms with Crippen LogP contribution in [0.3, 0.4) is 0 Å². The number of benzene rings is 2. The second-order valence-corrected chi connectivity index (χ2v) is 11.4. The Bertz CT molecular complexity index is 1280. The molecule has 3 aromatic rings. The van der Waals surface area contributed by atoms with Crippen LogP contribution in [0.15, 0.2) is 48.5 Å². The van der Waals surface area contributed by atoms with E-state index in [2.05, 4.69) is 70.6 Å². The Balaban J connectivity index is 1.62. The highest BCUT2D eigenvalue weighted by Gasteiger charge is 2.31. The number of hydrogen-bond donors (Lipinski definition) is 4. The van der Waals surface area contributed by atoms with Crippen LogP contribution in [-0.4, -0.2) is 59.6 Å². The summed E-state index contributed by atoms with van der Waals surface area (Å²) < 4.78 is 0. The lowest BCUT2D eigenvalue weighted by Gasteiger charge is -2.43. The van der Waals surface area contributed by atoms with E-state index in [-0.39, 0.29) is 6.04 Å². The van der Waals surface area contributed by atoms with Gasteiger partial charge in [-0.05, 0) is 48.9 Å². The molecule has 1 atom stereocenters. The Kier molecular flexibility index (Phi) is 10.2. The Morgan fingerprint density at radius 2 is 1.68 bits per heavy atom. The molecule has 1 saturated heterocycles. The van der Waals surface area contributed by atoms with Crippen molar-refractivity contribution < 1.29 is 4.79 Å². The normalized spacial score (nSPS) is 15.3. The number of primary amides is 1. The minimum absolute atomic E-state index is 0.191. The van der Waals surface area contributed by atoms with Gasteiger partial charge in [0.05, 0.1) is 11.4 Å². The molecule has 0 saturated carbocycles. The van der Waals surface area contributed by atoms with Gasteiger partial charge in [0.25, 0.3) is 0 Å². The Labute approximate surface area is 244 Å². The van der Waals surface area contributed by atoms with E-state index in [4.69, 9.17) is 15.7 Å². The smallest absolute Gasteiger partial charge is 0.248 e. The summed E-state index contributed by atoms with van der Waals surface area (Å²) in [6, 6.07) is 16.1. The zero-order valence-electron chi connectivity index (χ0n) is 25.0. The summed E-state index contributed by atoms with van der Waals surface area (Å²) in [6.07, 6.45) is 0.986. The number of nitrogens with one attached hydrogen (secondary N) is 3. The molecule has 1 unspecified atom stereocenters. The molecule has 0 spiro atoms. The van der Waals surface area contributed by atoms with Crippen LogP contribution in [0.5, 0.6) is 0 Å². The van der Waals surface area contributed by atoms with Crippen molar-refractivity contribution in [2.45, 2.75) is 53.6 Å². The molecule has 41 heavy (non-hydrogen) atoms. The van der Waals surface area contributed by atoms with Gasteiger partial charge in [0, 0.05) is 50.9 Å². The first-order valence-corrected chi connectivity index (χ1v) is 14.7. The molecule has 10 heteroatoms. The predicted octanol–water partition coefficient (Wildman–Crippen LogP) is 4.82. The largest absolute Gasteiger partial charge is 0.379 e. The second-order valence-electron chi connectivity index (χ2n) is 11.4. The van der Waals surface area contributed by atoms with E-state index < -0.39 is 5.91 Å². The maximum Gasteiger partial charge on any atom is 0.248 e. The molecule has 0 radical (unpaired) electrons. The predicted molar refractivity (Wildman–Crippen MR) is 169 cm³/mol. The maximum absolute atomic E-state index is 12.0. The molecule has 1 aromatic heterocycles. The van der Waals surface area contributed by atoms with Crippen LogP contribution in [0.4, 0.5) is 29.2 Å². The summed E-state index contributed by atoms with van der Waals surface area (Å²) in [6.45, 7) is 15.4. The van der Waals surface area contributed by atoms with Crippen molar-refractivity contribution in [3.63, 3.8) is 0 Å². The van der Waals surface area contributed by atoms with Gasteiger partial charge in [0.2, 0.25) is 23.8 Å². The maximum atomic E-state index is 12.0. The van der Waals surface area contributed by atoms with E-state index in [9.17, 15) is 4.79 Å². The van der Waals surface area contributed by atoms with Crippen LogP contribution in [-0.2, 0) is 6.54 Å². The lowest BCUT2D eigenvalue weighted by molar-refractivity contribution is 0.100. The molecule has 0 aliphatic carbocycles. The van der Waals surface area contributed by atoms with Crippen molar-refractivity contribution in [3.8, 4) is 0 Å². The number of carbonyl (C=O) groups is 1. The fourth-order valence-corrected chi connectivity index (χ4v) is 5.09. The molecule has 1 fully saturated rings. The van der Waals surface area contributed by atoms with E-state index >= 15 is 0 Å². The van der Waals surface area contributed by atoms with Gasteiger partial charge >= 0.3 is 0 Å². The molecule has 2 heterocycles. The Morgan fingerprint density at radius 1 is 0.951 bits per heavy atom. The number of nitrogens with two attached hydrogens (primary N) is 1. The fourth-order valence-electron chi connectivity index (χ4n) is 5.09. The van der Waals surface area contributed by atoms with Crippen molar-refractivity contribution >= 4 is 35.1 Å². The zero-order chi connectivity index (χ0) is 29.4. The number of hydrogen-bond acceptors (Lipinski definition) is 9. The lowest BCUT2D eigenvalue weighted by atomic mass is 9.99. The van der Waals surface area contributed by atoms with Crippen LogP contribution >= 0.6 is 0 Å². The highest BCUT2D eigenvalue weighted by Crippen LogP contribution is 2.32. The quantitative estimate of drug-likeness (QED) is 0.233. The van der Waals surface area contributed by atoms with Crippen LogP contribution in [0.2, 0.25) is 0 Å². The summed E-state index contributed by atoms with van der Waals surface area (Å²) in [4.78, 5) is 31.0. The number of rotatable bonds is 13. The fraction of sp³-hybridized carbons (Fsp3) is 0.484. The number of piperazine rings is 1. The topological polar surface area (TPSA) is 124 Å². The molecule has 4 rings (SSSR count). The third-order valence-corrected chi connectivity index (χ3v) is 7.06. The van der Waals surface area contributed by atoms with E-state index in [1.54, 1.807) is 0 Å². The van der Waals surface area contributed by atoms with Crippen LogP contribution in [0, 0.1) is 11.8 Å². The van der Waals surface area contributed by atoms with Gasteiger partial charge in [-0.1, -0.05) is 58.0 Å². The first kappa shape index (κ1) is 29.9. The van der Waals surface area contributed by atoms with E-state index in [0.29, 0.717) is 41.8 Å². The van der Waals surface area contributed by atoms with Gasteiger partial charge < -0.3 is 31.5 Å². The molecule has 220 valence electrons. The van der Waals surface area contributed by atoms with E-state index in [0.717, 1.165) is 50.5 Å². The van der Waals surface area contributed by atoms with Gasteiger partial charge in [-0.25, -0.2) is 0 Å². The van der Waals surface area contributed by atoms with Crippen molar-refractivity contribution in [2.75, 3.05) is 58.5 Å². The summed E-state index contributed by atoms with van der Waals surface area (Å²) in [7, 11) is 0. The SMILES string of the molecule is CCNc1nc(NCC(C)C)nc(N2CCN(c3ccc(C(N)=O)cc3NCc3ccccc3)CC2CC(C)C)n1. The van der Waals surface area contributed by atoms with Crippen LogP contribution < -0.4 is 31.5 Å². The number of carbonyl (C=O) groups excluding carboxylic acids is 1. The average molecular weight is 560 g/mol. The average Bonchev–Trinajstić information content (AvgIpc) is 2.95. The number of aromatic nitrogens is 3. The monoisotopic (exact) mass is 559 g/mol. The van der Waals surface area contributed by atoms with Gasteiger partial charge in [0.15, 0.2) is 0 Å². The van der Waals surface area contributed by atoms with E-state index in [1.807, 2.05) is 43.3 Å². The van der Waals surface area contributed by atoms with Crippen LogP contribution in [0.25, 0.3) is 0 Å². The minimum Gasteiger partial charge on any atom is -0.379 e. The van der Waals surface area contributed by atoms with Crippen molar-refractivity contribution in [2.24, 2.45) is 17.6 Å². The van der Waals surface area contributed by atoms with Crippen molar-refractivity contribution in [1.29, 1.82) is 0 Å². The van der Waals surface area contributed by atoms with Gasteiger partial charge in [-0.3, -0.25) is 4.79 Å². The zero-order valence-corrected chi connectivity index (χ0v) is 25.0. The Morgan fingerprint density at radius 3 is 2.34 bits per heavy atom. The molecule has 2 aromatic carbocycles. The molecule has 1 aliphatic heterocycles. The number of anilines is 5. The number of amides is 1. The van der Waals surface area contributed by atoms with E-state index in [1.165, 1.54) is 5.56 Å². The van der Waals surface area contributed by atoms with Crippen molar-refractivity contribution in [1.82, 2.24) is 15.0 Å². The summed E-state index contributed by atoms with van der Waals surface area (Å²) in [5, 5.41) is 10.2. The first-order chi connectivity index (χ1) is 19.7. The molecule has 10 nitrogen and oxygen atoms in total. The standard InChI is InChI=1S/C31H45N9O/c1-6-33-29-36-30(35-18-22(4)5)38-31(37-29)40-15-14-39(20-25(40)16-21(2)3)27-13-12-24(28(32)41)17-26(27)34-19-23-10-8-7-9-11-23/h7-13,17,21-22,25,34H,6,14-16,18-20H2,1-5H3,(H2,32,41)(H2,33,35,36,37,38). The molecular formula is C31H45N9O. The van der Waals surface area contributed by atoms with Gasteiger partial charge in [-0.15, -0.1) is 0 Å². The summed E-state index contributed by atoms with van der Waals surface area (Å²) >= 11 is 0. The molecule has 0 bridgehead atoms. The molecule has 1 aliphatic rings. The van der Waals surface area contributed by atoms with Crippen molar-refractivity contribution in [3.05, 3.63) is 59.7 Å². The Hall–Kier alpha value is -4.08. The highest BCUT2D eigenvalue weighted by atomic mass is 16.1. The van der Waals surface area contributed by atoms with Crippen LogP contribution in [0.1, 0.15) is 57.0 Å². The van der Waals surface area contributed by atoms with Gasteiger partial charge in [0.1, 0.15) is 0 Å². The third-order valence-electron chi connectivity index (χ3n) is 7.06. The summed E-state index contributed by atoms with van der Waals surface area (Å²) in [5.41, 5.74) is 9.26. The van der Waals surface area contributed by atoms with Gasteiger partial charge in [-0.2, -0.15) is 15.0 Å². The molecule has 1 amide bonds. The molecular weight excluding hydrogens is 514 g/mol. The minimum atomic E-state index is -0.435. The second kappa shape index (κ2) is 14.0. The third kappa shape index (κ3) is 8.22. The first-order valence-electron chi connectivity index (χ1n) is 14.7. The summed E-state index contributed by atoms with van der Waals surface area (Å²) in [5.74, 6) is 2.41. The lowest BCUT2D eigenvalue weighted by Crippen LogP contribution is -2.54. The molecule has 5 N–H and O–H groups in total. The highest BCUT2D eigenvalue weighted by molar-refractivity contribution is 5.95. The number of nitrogens with zero attached hydrogens (tertiary/aromatic N) is 5.